The highest BCUT2D eigenvalue weighted by Crippen LogP contribution is 2.15. The molecule has 1 atom stereocenters. The first-order valence-electron chi connectivity index (χ1n) is 8.30. The van der Waals surface area contributed by atoms with Crippen molar-refractivity contribution in [1.29, 1.82) is 0 Å². The van der Waals surface area contributed by atoms with Crippen LogP contribution in [0.2, 0.25) is 0 Å². The van der Waals surface area contributed by atoms with E-state index < -0.39 is 6.04 Å². The molecule has 2 rings (SSSR count). The van der Waals surface area contributed by atoms with Crippen molar-refractivity contribution in [3.8, 4) is 0 Å². The van der Waals surface area contributed by atoms with E-state index in [4.69, 9.17) is 0 Å². The molecular formula is C19H23FN4O2. The number of hydrogen-bond acceptors (Lipinski definition) is 4. The van der Waals surface area contributed by atoms with Crippen molar-refractivity contribution in [3.63, 3.8) is 0 Å². The maximum atomic E-state index is 13.1. The lowest BCUT2D eigenvalue weighted by atomic mass is 10.2. The van der Waals surface area contributed by atoms with Crippen molar-refractivity contribution in [2.24, 2.45) is 0 Å². The summed E-state index contributed by atoms with van der Waals surface area (Å²) in [6.45, 7) is 3.98. The van der Waals surface area contributed by atoms with E-state index in [2.05, 4.69) is 15.6 Å². The lowest BCUT2D eigenvalue weighted by molar-refractivity contribution is -0.126. The number of pyridine rings is 1. The zero-order valence-corrected chi connectivity index (χ0v) is 15.1. The van der Waals surface area contributed by atoms with Crippen molar-refractivity contribution in [1.82, 2.24) is 15.2 Å². The number of halogens is 1. The van der Waals surface area contributed by atoms with Gasteiger partial charge in [-0.25, -0.2) is 4.39 Å². The third-order valence-corrected chi connectivity index (χ3v) is 3.79. The standard InChI is InChI=1S/C19H23FN4O2/c1-13-10-15(20)7-8-17(13)23-19(26)14(2)22-18(25)12-24(3)11-16-6-4-5-9-21-16/h4-10,14H,11-12H2,1-3H3,(H,22,25)(H,23,26). The predicted molar refractivity (Wildman–Crippen MR) is 97.9 cm³/mol. The van der Waals surface area contributed by atoms with Gasteiger partial charge in [-0.05, 0) is 56.8 Å². The van der Waals surface area contributed by atoms with Crippen LogP contribution in [0.25, 0.3) is 0 Å². The van der Waals surface area contributed by atoms with E-state index in [9.17, 15) is 14.0 Å². The van der Waals surface area contributed by atoms with Crippen LogP contribution in [-0.4, -0.2) is 41.3 Å². The second-order valence-electron chi connectivity index (χ2n) is 6.23. The summed E-state index contributed by atoms with van der Waals surface area (Å²) in [5.41, 5.74) is 2.00. The zero-order valence-electron chi connectivity index (χ0n) is 15.1. The number of anilines is 1. The maximum Gasteiger partial charge on any atom is 0.246 e. The zero-order chi connectivity index (χ0) is 19.1. The van der Waals surface area contributed by atoms with Crippen LogP contribution in [0.1, 0.15) is 18.2 Å². The van der Waals surface area contributed by atoms with Gasteiger partial charge in [-0.2, -0.15) is 0 Å². The van der Waals surface area contributed by atoms with Crippen LogP contribution in [-0.2, 0) is 16.1 Å². The normalized spacial score (nSPS) is 11.9. The van der Waals surface area contributed by atoms with E-state index in [0.29, 0.717) is 17.8 Å². The summed E-state index contributed by atoms with van der Waals surface area (Å²) in [5, 5.41) is 5.35. The lowest BCUT2D eigenvalue weighted by Crippen LogP contribution is -2.45. The Balaban J connectivity index is 1.82. The molecule has 138 valence electrons. The van der Waals surface area contributed by atoms with Crippen molar-refractivity contribution in [2.45, 2.75) is 26.4 Å². The van der Waals surface area contributed by atoms with Crippen LogP contribution in [0.3, 0.4) is 0 Å². The molecule has 0 aliphatic rings. The Bertz CT molecular complexity index is 767. The van der Waals surface area contributed by atoms with Gasteiger partial charge < -0.3 is 10.6 Å². The number of aryl methyl sites for hydroxylation is 1. The van der Waals surface area contributed by atoms with Gasteiger partial charge in [0.15, 0.2) is 0 Å². The number of aromatic nitrogens is 1. The number of amides is 2. The van der Waals surface area contributed by atoms with Gasteiger partial charge in [-0.15, -0.1) is 0 Å². The van der Waals surface area contributed by atoms with Crippen molar-refractivity contribution < 1.29 is 14.0 Å². The van der Waals surface area contributed by atoms with E-state index in [1.54, 1.807) is 27.1 Å². The summed E-state index contributed by atoms with van der Waals surface area (Å²) < 4.78 is 13.1. The van der Waals surface area contributed by atoms with Crippen LogP contribution >= 0.6 is 0 Å². The molecule has 2 aromatic rings. The summed E-state index contributed by atoms with van der Waals surface area (Å²) in [6, 6.07) is 9.01. The first-order chi connectivity index (χ1) is 12.3. The SMILES string of the molecule is Cc1cc(F)ccc1NC(=O)C(C)NC(=O)CN(C)Cc1ccccn1. The molecule has 0 aliphatic carbocycles. The molecule has 0 radical (unpaired) electrons. The third-order valence-electron chi connectivity index (χ3n) is 3.79. The molecule has 0 aliphatic heterocycles. The lowest BCUT2D eigenvalue weighted by Gasteiger charge is -2.19. The monoisotopic (exact) mass is 358 g/mol. The highest BCUT2D eigenvalue weighted by molar-refractivity contribution is 5.97. The molecule has 0 saturated carbocycles. The summed E-state index contributed by atoms with van der Waals surface area (Å²) in [6.07, 6.45) is 1.70. The molecule has 1 aromatic heterocycles. The second kappa shape index (κ2) is 9.05. The number of nitrogens with zero attached hydrogens (tertiary/aromatic N) is 2. The van der Waals surface area contributed by atoms with Crippen molar-refractivity contribution in [3.05, 3.63) is 59.7 Å². The number of carbonyl (C=O) groups excluding carboxylic acids is 2. The third kappa shape index (κ3) is 5.93. The van der Waals surface area contributed by atoms with E-state index in [1.165, 1.54) is 18.2 Å². The molecular weight excluding hydrogens is 335 g/mol. The van der Waals surface area contributed by atoms with Crippen LogP contribution < -0.4 is 10.6 Å². The summed E-state index contributed by atoms with van der Waals surface area (Å²) >= 11 is 0. The number of rotatable bonds is 7. The molecule has 1 heterocycles. The van der Waals surface area contributed by atoms with Gasteiger partial charge in [-0.1, -0.05) is 6.07 Å². The van der Waals surface area contributed by atoms with Crippen molar-refractivity contribution in [2.75, 3.05) is 18.9 Å². The number of carbonyl (C=O) groups is 2. The largest absolute Gasteiger partial charge is 0.343 e. The molecule has 6 nitrogen and oxygen atoms in total. The fourth-order valence-electron chi connectivity index (χ4n) is 2.43. The fourth-order valence-corrected chi connectivity index (χ4v) is 2.43. The topological polar surface area (TPSA) is 74.3 Å². The van der Waals surface area contributed by atoms with E-state index >= 15 is 0 Å². The Morgan fingerprint density at radius 3 is 2.69 bits per heavy atom. The highest BCUT2D eigenvalue weighted by Gasteiger charge is 2.17. The average molecular weight is 358 g/mol. The van der Waals surface area contributed by atoms with E-state index in [0.717, 1.165) is 5.69 Å². The van der Waals surface area contributed by atoms with Gasteiger partial charge in [0.05, 0.1) is 12.2 Å². The van der Waals surface area contributed by atoms with Gasteiger partial charge in [0.1, 0.15) is 11.9 Å². The Hall–Kier alpha value is -2.80. The van der Waals surface area contributed by atoms with Gasteiger partial charge in [0.2, 0.25) is 11.8 Å². The molecule has 0 fully saturated rings. The number of benzene rings is 1. The average Bonchev–Trinajstić information content (AvgIpc) is 2.57. The quantitative estimate of drug-likeness (QED) is 0.795. The van der Waals surface area contributed by atoms with Crippen LogP contribution in [0, 0.1) is 12.7 Å². The Labute approximate surface area is 152 Å². The minimum absolute atomic E-state index is 0.143. The molecule has 0 saturated heterocycles. The second-order valence-corrected chi connectivity index (χ2v) is 6.23. The molecule has 7 heteroatoms. The molecule has 2 N–H and O–H groups in total. The first-order valence-corrected chi connectivity index (χ1v) is 8.30. The van der Waals surface area contributed by atoms with Crippen molar-refractivity contribution >= 4 is 17.5 Å². The number of likely N-dealkylation sites (N-methyl/N-ethyl adjacent to an activating group) is 1. The summed E-state index contributed by atoms with van der Waals surface area (Å²) in [5.74, 6) is -0.986. The minimum Gasteiger partial charge on any atom is -0.343 e. The minimum atomic E-state index is -0.713. The maximum absolute atomic E-state index is 13.1. The van der Waals surface area contributed by atoms with E-state index in [-0.39, 0.29) is 24.2 Å². The highest BCUT2D eigenvalue weighted by atomic mass is 19.1. The van der Waals surface area contributed by atoms with E-state index in [1.807, 2.05) is 23.1 Å². The summed E-state index contributed by atoms with van der Waals surface area (Å²) in [4.78, 5) is 30.4. The predicted octanol–water partition coefficient (Wildman–Crippen LogP) is 2.10. The summed E-state index contributed by atoms with van der Waals surface area (Å²) in [7, 11) is 1.81. The molecule has 0 bridgehead atoms. The van der Waals surface area contributed by atoms with Gasteiger partial charge in [-0.3, -0.25) is 19.5 Å². The molecule has 1 unspecified atom stereocenters. The Morgan fingerprint density at radius 2 is 2.04 bits per heavy atom. The Morgan fingerprint density at radius 1 is 1.27 bits per heavy atom. The Kier molecular flexibility index (Phi) is 6.80. The van der Waals surface area contributed by atoms with Gasteiger partial charge >= 0.3 is 0 Å². The number of nitrogens with one attached hydrogen (secondary N) is 2. The van der Waals surface area contributed by atoms with Crippen LogP contribution in [0.5, 0.6) is 0 Å². The molecule has 1 aromatic carbocycles. The van der Waals surface area contributed by atoms with Gasteiger partial charge in [0.25, 0.3) is 0 Å². The van der Waals surface area contributed by atoms with Gasteiger partial charge in [0, 0.05) is 18.4 Å². The fraction of sp³-hybridized carbons (Fsp3) is 0.316. The number of hydrogen-bond donors (Lipinski definition) is 2. The molecule has 2 amide bonds. The van der Waals surface area contributed by atoms with Crippen LogP contribution in [0.4, 0.5) is 10.1 Å². The first kappa shape index (κ1) is 19.5. The smallest absolute Gasteiger partial charge is 0.246 e. The van der Waals surface area contributed by atoms with Crippen LogP contribution in [0.15, 0.2) is 42.6 Å². The molecule has 0 spiro atoms. The molecule has 26 heavy (non-hydrogen) atoms.